The number of hydrogen-bond donors (Lipinski definition) is 1. The van der Waals surface area contributed by atoms with E-state index in [1.165, 1.54) is 5.56 Å². The Labute approximate surface area is 108 Å². The maximum atomic E-state index is 11.8. The Morgan fingerprint density at radius 2 is 2.22 bits per heavy atom. The lowest BCUT2D eigenvalue weighted by molar-refractivity contribution is 0.152. The molecule has 0 spiro atoms. The van der Waals surface area contributed by atoms with Crippen molar-refractivity contribution in [3.63, 3.8) is 0 Å². The Morgan fingerprint density at radius 1 is 1.50 bits per heavy atom. The van der Waals surface area contributed by atoms with Crippen molar-refractivity contribution in [1.82, 2.24) is 15.1 Å². The quantitative estimate of drug-likeness (QED) is 0.886. The van der Waals surface area contributed by atoms with Crippen molar-refractivity contribution < 1.29 is 9.21 Å². The molecule has 5 heteroatoms. The summed E-state index contributed by atoms with van der Waals surface area (Å²) >= 11 is 0. The highest BCUT2D eigenvalue weighted by molar-refractivity contribution is 5.73. The van der Waals surface area contributed by atoms with E-state index in [1.54, 1.807) is 31.5 Å². The summed E-state index contributed by atoms with van der Waals surface area (Å²) in [5.41, 5.74) is 1.17. The predicted molar refractivity (Wildman–Crippen MR) is 69.2 cm³/mol. The van der Waals surface area contributed by atoms with Crippen LogP contribution in [0.5, 0.6) is 0 Å². The SMILES string of the molecule is CN(C)C(=O)N1CCC(NCc2ccoc2)CC1. The van der Waals surface area contributed by atoms with Gasteiger partial charge in [0.25, 0.3) is 0 Å². The summed E-state index contributed by atoms with van der Waals surface area (Å²) in [6.45, 7) is 2.50. The van der Waals surface area contributed by atoms with E-state index in [9.17, 15) is 4.79 Å². The Hall–Kier alpha value is -1.49. The van der Waals surface area contributed by atoms with E-state index in [-0.39, 0.29) is 6.03 Å². The first kappa shape index (κ1) is 13.0. The largest absolute Gasteiger partial charge is 0.472 e. The summed E-state index contributed by atoms with van der Waals surface area (Å²) in [5.74, 6) is 0. The van der Waals surface area contributed by atoms with Crippen LogP contribution >= 0.6 is 0 Å². The van der Waals surface area contributed by atoms with Gasteiger partial charge < -0.3 is 19.5 Å². The fourth-order valence-electron chi connectivity index (χ4n) is 2.21. The number of rotatable bonds is 3. The molecule has 2 heterocycles. The van der Waals surface area contributed by atoms with E-state index in [0.29, 0.717) is 6.04 Å². The van der Waals surface area contributed by atoms with E-state index < -0.39 is 0 Å². The number of nitrogens with one attached hydrogen (secondary N) is 1. The van der Waals surface area contributed by atoms with Crippen molar-refractivity contribution in [3.05, 3.63) is 24.2 Å². The van der Waals surface area contributed by atoms with Gasteiger partial charge in [-0.25, -0.2) is 4.79 Å². The minimum absolute atomic E-state index is 0.114. The molecule has 100 valence electrons. The number of piperidine rings is 1. The highest BCUT2D eigenvalue weighted by Gasteiger charge is 2.23. The van der Waals surface area contributed by atoms with Gasteiger partial charge in [0.2, 0.25) is 0 Å². The molecule has 1 aliphatic rings. The first-order valence-electron chi connectivity index (χ1n) is 6.37. The molecule has 5 nitrogen and oxygen atoms in total. The zero-order valence-corrected chi connectivity index (χ0v) is 11.1. The maximum absolute atomic E-state index is 11.8. The molecule has 1 aromatic heterocycles. The Bertz CT molecular complexity index is 368. The second-order valence-electron chi connectivity index (χ2n) is 4.95. The first-order valence-corrected chi connectivity index (χ1v) is 6.37. The lowest BCUT2D eigenvalue weighted by atomic mass is 10.1. The summed E-state index contributed by atoms with van der Waals surface area (Å²) in [4.78, 5) is 15.3. The topological polar surface area (TPSA) is 48.7 Å². The van der Waals surface area contributed by atoms with E-state index in [0.717, 1.165) is 32.5 Å². The van der Waals surface area contributed by atoms with Gasteiger partial charge in [0.15, 0.2) is 0 Å². The second kappa shape index (κ2) is 5.91. The van der Waals surface area contributed by atoms with Crippen LogP contribution in [0.25, 0.3) is 0 Å². The average molecular weight is 251 g/mol. The van der Waals surface area contributed by atoms with Gasteiger partial charge in [0.1, 0.15) is 0 Å². The molecule has 0 bridgehead atoms. The molecule has 0 atom stereocenters. The van der Waals surface area contributed by atoms with Crippen LogP contribution in [0.4, 0.5) is 4.79 Å². The van der Waals surface area contributed by atoms with Crippen molar-refractivity contribution >= 4 is 6.03 Å². The molecule has 0 aromatic carbocycles. The van der Waals surface area contributed by atoms with Crippen LogP contribution in [0, 0.1) is 0 Å². The number of furan rings is 1. The standard InChI is InChI=1S/C13H21N3O2/c1-15(2)13(17)16-6-3-12(4-7-16)14-9-11-5-8-18-10-11/h5,8,10,12,14H,3-4,6-7,9H2,1-2H3. The van der Waals surface area contributed by atoms with Gasteiger partial charge in [-0.05, 0) is 18.9 Å². The Balaban J connectivity index is 1.72. The summed E-state index contributed by atoms with van der Waals surface area (Å²) < 4.78 is 5.03. The monoisotopic (exact) mass is 251 g/mol. The Morgan fingerprint density at radius 3 is 2.78 bits per heavy atom. The molecular weight excluding hydrogens is 230 g/mol. The fraction of sp³-hybridized carbons (Fsp3) is 0.615. The smallest absolute Gasteiger partial charge is 0.319 e. The molecule has 1 aromatic rings. The summed E-state index contributed by atoms with van der Waals surface area (Å²) in [5, 5.41) is 3.50. The van der Waals surface area contributed by atoms with E-state index in [4.69, 9.17) is 4.42 Å². The average Bonchev–Trinajstić information content (AvgIpc) is 2.89. The molecule has 1 aliphatic heterocycles. The van der Waals surface area contributed by atoms with Crippen molar-refractivity contribution in [1.29, 1.82) is 0 Å². The molecule has 0 saturated carbocycles. The van der Waals surface area contributed by atoms with Crippen LogP contribution in [0.1, 0.15) is 18.4 Å². The van der Waals surface area contributed by atoms with Crippen molar-refractivity contribution in [3.8, 4) is 0 Å². The molecule has 1 fully saturated rings. The summed E-state index contributed by atoms with van der Waals surface area (Å²) in [6, 6.07) is 2.58. The van der Waals surface area contributed by atoms with Crippen LogP contribution in [0.2, 0.25) is 0 Å². The normalized spacial score (nSPS) is 16.9. The third kappa shape index (κ3) is 3.26. The van der Waals surface area contributed by atoms with Crippen LogP contribution in [-0.2, 0) is 6.54 Å². The molecular formula is C13H21N3O2. The Kier molecular flexibility index (Phi) is 4.25. The minimum Gasteiger partial charge on any atom is -0.472 e. The lowest BCUT2D eigenvalue weighted by Gasteiger charge is -2.34. The number of urea groups is 1. The number of hydrogen-bond acceptors (Lipinski definition) is 3. The van der Waals surface area contributed by atoms with Crippen molar-refractivity contribution in [2.45, 2.75) is 25.4 Å². The third-order valence-corrected chi connectivity index (χ3v) is 3.32. The molecule has 0 aliphatic carbocycles. The highest BCUT2D eigenvalue weighted by Crippen LogP contribution is 2.12. The zero-order chi connectivity index (χ0) is 13.0. The second-order valence-corrected chi connectivity index (χ2v) is 4.95. The van der Waals surface area contributed by atoms with Crippen LogP contribution < -0.4 is 5.32 Å². The zero-order valence-electron chi connectivity index (χ0n) is 11.1. The van der Waals surface area contributed by atoms with Gasteiger partial charge in [-0.1, -0.05) is 0 Å². The first-order chi connectivity index (χ1) is 8.66. The number of nitrogens with zero attached hydrogens (tertiary/aromatic N) is 2. The van der Waals surface area contributed by atoms with Gasteiger partial charge in [-0.2, -0.15) is 0 Å². The van der Waals surface area contributed by atoms with Gasteiger partial charge >= 0.3 is 6.03 Å². The molecule has 0 radical (unpaired) electrons. The van der Waals surface area contributed by atoms with Crippen LogP contribution in [-0.4, -0.2) is 49.1 Å². The van der Waals surface area contributed by atoms with E-state index in [1.807, 2.05) is 11.0 Å². The number of carbonyl (C=O) groups excluding carboxylic acids is 1. The molecule has 1 N–H and O–H groups in total. The van der Waals surface area contributed by atoms with Crippen molar-refractivity contribution in [2.75, 3.05) is 27.2 Å². The molecule has 18 heavy (non-hydrogen) atoms. The van der Waals surface area contributed by atoms with Crippen molar-refractivity contribution in [2.24, 2.45) is 0 Å². The maximum Gasteiger partial charge on any atom is 0.319 e. The third-order valence-electron chi connectivity index (χ3n) is 3.32. The molecule has 2 amide bonds. The van der Waals surface area contributed by atoms with Gasteiger partial charge in [-0.3, -0.25) is 0 Å². The predicted octanol–water partition coefficient (Wildman–Crippen LogP) is 1.52. The van der Waals surface area contributed by atoms with Gasteiger partial charge in [0, 0.05) is 45.3 Å². The van der Waals surface area contributed by atoms with Gasteiger partial charge in [-0.15, -0.1) is 0 Å². The van der Waals surface area contributed by atoms with Crippen LogP contribution in [0.15, 0.2) is 23.0 Å². The molecule has 0 unspecified atom stereocenters. The lowest BCUT2D eigenvalue weighted by Crippen LogP contribution is -2.47. The van der Waals surface area contributed by atoms with E-state index in [2.05, 4.69) is 5.32 Å². The van der Waals surface area contributed by atoms with E-state index >= 15 is 0 Å². The minimum atomic E-state index is 0.114. The van der Waals surface area contributed by atoms with Crippen LogP contribution in [0.3, 0.4) is 0 Å². The number of carbonyl (C=O) groups is 1. The molecule has 1 saturated heterocycles. The summed E-state index contributed by atoms with van der Waals surface area (Å²) in [7, 11) is 3.59. The van der Waals surface area contributed by atoms with Gasteiger partial charge in [0.05, 0.1) is 12.5 Å². The summed E-state index contributed by atoms with van der Waals surface area (Å²) in [6.07, 6.45) is 5.47. The number of likely N-dealkylation sites (tertiary alicyclic amines) is 1. The highest BCUT2D eigenvalue weighted by atomic mass is 16.3. The fourth-order valence-corrected chi connectivity index (χ4v) is 2.21. The number of amides is 2. The molecule has 2 rings (SSSR count).